The van der Waals surface area contributed by atoms with Crippen molar-refractivity contribution in [2.24, 2.45) is 0 Å². The molecule has 18 heavy (non-hydrogen) atoms. The Morgan fingerprint density at radius 2 is 2.00 bits per heavy atom. The van der Waals surface area contributed by atoms with Crippen LogP contribution in [0, 0.1) is 13.8 Å². The van der Waals surface area contributed by atoms with Gasteiger partial charge in [-0.3, -0.25) is 9.59 Å². The van der Waals surface area contributed by atoms with Crippen LogP contribution in [0.5, 0.6) is 0 Å². The van der Waals surface area contributed by atoms with Crippen LogP contribution in [0.2, 0.25) is 0 Å². The van der Waals surface area contributed by atoms with Crippen LogP contribution in [0.1, 0.15) is 32.1 Å². The van der Waals surface area contributed by atoms with Crippen LogP contribution in [0.4, 0.5) is 5.69 Å². The smallest absolute Gasteiger partial charge is 0.272 e. The number of anilines is 1. The second-order valence-corrected chi connectivity index (χ2v) is 4.22. The summed E-state index contributed by atoms with van der Waals surface area (Å²) in [5.41, 5.74) is 3.62. The van der Waals surface area contributed by atoms with Gasteiger partial charge < -0.3 is 10.3 Å². The largest absolute Gasteiger partial charge is 0.348 e. The molecular weight excluding hydrogens is 228 g/mol. The molecule has 0 aliphatic rings. The zero-order chi connectivity index (χ0) is 13.1. The van der Waals surface area contributed by atoms with Crippen LogP contribution < -0.4 is 5.32 Å². The lowest BCUT2D eigenvalue weighted by Crippen LogP contribution is -2.13. The molecule has 1 amide bonds. The molecule has 1 heterocycles. The second kappa shape index (κ2) is 4.87. The first kappa shape index (κ1) is 12.1. The summed E-state index contributed by atoms with van der Waals surface area (Å²) in [4.78, 5) is 25.2. The number of carbonyl (C=O) groups excluding carboxylic acids is 2. The molecule has 0 atom stereocenters. The molecule has 92 valence electrons. The fourth-order valence-corrected chi connectivity index (χ4v) is 1.67. The fourth-order valence-electron chi connectivity index (χ4n) is 1.67. The summed E-state index contributed by atoms with van der Waals surface area (Å²) in [7, 11) is 0. The van der Waals surface area contributed by atoms with Crippen molar-refractivity contribution in [2.45, 2.75) is 13.8 Å². The monoisotopic (exact) mass is 242 g/mol. The molecule has 4 nitrogen and oxygen atoms in total. The molecule has 0 saturated carbocycles. The molecule has 1 aromatic heterocycles. The predicted molar refractivity (Wildman–Crippen MR) is 70.0 cm³/mol. The van der Waals surface area contributed by atoms with Gasteiger partial charge >= 0.3 is 0 Å². The first-order chi connectivity index (χ1) is 8.60. The number of aromatic nitrogens is 1. The lowest BCUT2D eigenvalue weighted by molar-refractivity contribution is 0.102. The van der Waals surface area contributed by atoms with Gasteiger partial charge in [-0.05, 0) is 43.2 Å². The maximum Gasteiger partial charge on any atom is 0.272 e. The molecule has 0 radical (unpaired) electrons. The number of hydrogen-bond donors (Lipinski definition) is 2. The van der Waals surface area contributed by atoms with Crippen LogP contribution >= 0.6 is 0 Å². The van der Waals surface area contributed by atoms with Gasteiger partial charge in [-0.1, -0.05) is 12.1 Å². The van der Waals surface area contributed by atoms with Gasteiger partial charge in [0.05, 0.1) is 5.69 Å². The van der Waals surface area contributed by atoms with Crippen molar-refractivity contribution in [3.8, 4) is 0 Å². The lowest BCUT2D eigenvalue weighted by Gasteiger charge is -2.08. The number of H-pyrrole nitrogens is 1. The highest BCUT2D eigenvalue weighted by Crippen LogP contribution is 2.17. The zero-order valence-corrected chi connectivity index (χ0v) is 10.3. The highest BCUT2D eigenvalue weighted by atomic mass is 16.2. The predicted octanol–water partition coefficient (Wildman–Crippen LogP) is 2.70. The van der Waals surface area contributed by atoms with Gasteiger partial charge in [-0.25, -0.2) is 0 Å². The molecule has 2 N–H and O–H groups in total. The van der Waals surface area contributed by atoms with E-state index in [9.17, 15) is 9.59 Å². The Kier molecular flexibility index (Phi) is 3.28. The van der Waals surface area contributed by atoms with E-state index in [2.05, 4.69) is 10.3 Å². The molecule has 0 fully saturated rings. The average molecular weight is 242 g/mol. The van der Waals surface area contributed by atoms with E-state index < -0.39 is 0 Å². The molecule has 0 saturated heterocycles. The van der Waals surface area contributed by atoms with Crippen LogP contribution in [-0.2, 0) is 0 Å². The number of carbonyl (C=O) groups is 2. The van der Waals surface area contributed by atoms with Crippen molar-refractivity contribution in [1.29, 1.82) is 0 Å². The number of rotatable bonds is 3. The Morgan fingerprint density at radius 3 is 2.67 bits per heavy atom. The molecule has 0 aliphatic carbocycles. The molecule has 0 aliphatic heterocycles. The van der Waals surface area contributed by atoms with Crippen molar-refractivity contribution in [1.82, 2.24) is 4.98 Å². The number of nitrogens with one attached hydrogen (secondary N) is 2. The minimum atomic E-state index is -0.253. The third-order valence-corrected chi connectivity index (χ3v) is 2.72. The van der Waals surface area contributed by atoms with Crippen LogP contribution in [-0.4, -0.2) is 17.2 Å². The van der Waals surface area contributed by atoms with E-state index in [0.29, 0.717) is 17.7 Å². The molecule has 0 spiro atoms. The van der Waals surface area contributed by atoms with Gasteiger partial charge in [0.1, 0.15) is 5.69 Å². The number of hydrogen-bond acceptors (Lipinski definition) is 2. The third-order valence-electron chi connectivity index (χ3n) is 2.72. The lowest BCUT2D eigenvalue weighted by atomic mass is 10.1. The quantitative estimate of drug-likeness (QED) is 0.813. The molecule has 1 aromatic carbocycles. The van der Waals surface area contributed by atoms with E-state index in [0.717, 1.165) is 16.8 Å². The van der Waals surface area contributed by atoms with Crippen LogP contribution in [0.3, 0.4) is 0 Å². The van der Waals surface area contributed by atoms with Gasteiger partial charge in [-0.15, -0.1) is 0 Å². The van der Waals surface area contributed by atoms with Gasteiger partial charge in [0, 0.05) is 5.69 Å². The summed E-state index contributed by atoms with van der Waals surface area (Å²) in [5.74, 6) is -0.253. The van der Waals surface area contributed by atoms with Crippen molar-refractivity contribution in [2.75, 3.05) is 5.32 Å². The summed E-state index contributed by atoms with van der Waals surface area (Å²) in [5, 5.41) is 2.82. The molecule has 4 heteroatoms. The molecule has 2 rings (SSSR count). The van der Waals surface area contributed by atoms with Crippen molar-refractivity contribution in [3.05, 3.63) is 52.8 Å². The highest BCUT2D eigenvalue weighted by Gasteiger charge is 2.09. The summed E-state index contributed by atoms with van der Waals surface area (Å²) in [6.07, 6.45) is 0.675. The van der Waals surface area contributed by atoms with Gasteiger partial charge in [0.15, 0.2) is 6.29 Å². The van der Waals surface area contributed by atoms with Gasteiger partial charge in [-0.2, -0.15) is 0 Å². The zero-order valence-electron chi connectivity index (χ0n) is 10.3. The van der Waals surface area contributed by atoms with Crippen LogP contribution in [0.25, 0.3) is 0 Å². The number of benzene rings is 1. The minimum absolute atomic E-state index is 0.253. The van der Waals surface area contributed by atoms with E-state index in [1.54, 1.807) is 12.1 Å². The molecule has 0 bridgehead atoms. The SMILES string of the molecule is Cc1ccc(C)c(NC(=O)c2ccc(C=O)[nH]2)c1. The van der Waals surface area contributed by atoms with E-state index in [4.69, 9.17) is 0 Å². The van der Waals surface area contributed by atoms with Crippen molar-refractivity contribution >= 4 is 17.9 Å². The first-order valence-electron chi connectivity index (χ1n) is 5.63. The first-order valence-corrected chi connectivity index (χ1v) is 5.63. The summed E-state index contributed by atoms with van der Waals surface area (Å²) < 4.78 is 0. The fraction of sp³-hybridized carbons (Fsp3) is 0.143. The molecular formula is C14H14N2O2. The molecule has 2 aromatic rings. The molecule has 0 unspecified atom stereocenters. The Bertz CT molecular complexity index is 600. The second-order valence-electron chi connectivity index (χ2n) is 4.22. The maximum atomic E-state index is 11.9. The van der Waals surface area contributed by atoms with E-state index in [1.807, 2.05) is 32.0 Å². The van der Waals surface area contributed by atoms with Gasteiger partial charge in [0.25, 0.3) is 5.91 Å². The van der Waals surface area contributed by atoms with Gasteiger partial charge in [0.2, 0.25) is 0 Å². The Balaban J connectivity index is 2.20. The van der Waals surface area contributed by atoms with E-state index in [1.165, 1.54) is 0 Å². The van der Waals surface area contributed by atoms with E-state index in [-0.39, 0.29) is 5.91 Å². The van der Waals surface area contributed by atoms with Crippen LogP contribution in [0.15, 0.2) is 30.3 Å². The summed E-state index contributed by atoms with van der Waals surface area (Å²) in [6, 6.07) is 9.02. The third kappa shape index (κ3) is 2.48. The number of aromatic amines is 1. The summed E-state index contributed by atoms with van der Waals surface area (Å²) in [6.45, 7) is 3.90. The number of aryl methyl sites for hydroxylation is 2. The minimum Gasteiger partial charge on any atom is -0.348 e. The maximum absolute atomic E-state index is 11.9. The average Bonchev–Trinajstić information content (AvgIpc) is 2.82. The number of amides is 1. The van der Waals surface area contributed by atoms with E-state index >= 15 is 0 Å². The van der Waals surface area contributed by atoms with Crippen molar-refractivity contribution < 1.29 is 9.59 Å². The Morgan fingerprint density at radius 1 is 1.22 bits per heavy atom. The normalized spacial score (nSPS) is 10.1. The highest BCUT2D eigenvalue weighted by molar-refractivity contribution is 6.03. The Hall–Kier alpha value is -2.36. The standard InChI is InChI=1S/C14H14N2O2/c1-9-3-4-10(2)13(7-9)16-14(18)12-6-5-11(8-17)15-12/h3-8,15H,1-2H3,(H,16,18). The Labute approximate surface area is 105 Å². The number of aldehydes is 1. The topological polar surface area (TPSA) is 62.0 Å². The van der Waals surface area contributed by atoms with Crippen molar-refractivity contribution in [3.63, 3.8) is 0 Å². The summed E-state index contributed by atoms with van der Waals surface area (Å²) >= 11 is 0.